The van der Waals surface area contributed by atoms with Crippen LogP contribution in [0.4, 0.5) is 0 Å². The quantitative estimate of drug-likeness (QED) is 0.622. The van der Waals surface area contributed by atoms with Gasteiger partial charge in [-0.1, -0.05) is 47.5 Å². The smallest absolute Gasteiger partial charge is 0.0805 e. The van der Waals surface area contributed by atoms with Crippen LogP contribution in [0.3, 0.4) is 0 Å². The predicted molar refractivity (Wildman–Crippen MR) is 96.8 cm³/mol. The summed E-state index contributed by atoms with van der Waals surface area (Å²) in [5, 5.41) is 10.1. The Balaban J connectivity index is 1.69. The van der Waals surface area contributed by atoms with Gasteiger partial charge in [-0.15, -0.1) is 0 Å². The monoisotopic (exact) mass is 366 g/mol. The van der Waals surface area contributed by atoms with E-state index < -0.39 is 5.60 Å². The Labute approximate surface area is 144 Å². The minimum Gasteiger partial charge on any atom is -0.386 e. The third-order valence-electron chi connectivity index (χ3n) is 6.94. The van der Waals surface area contributed by atoms with Crippen LogP contribution in [0.25, 0.3) is 0 Å². The van der Waals surface area contributed by atoms with Crippen molar-refractivity contribution in [3.05, 3.63) is 22.7 Å². The van der Waals surface area contributed by atoms with Gasteiger partial charge in [0, 0.05) is 0 Å². The SMILES string of the molecule is C[C@H](C[C@@H]1C=C[C@@](C)(O)C1)[C@H]1CCC2C(=CBr)CCC[C@@]21C. The molecule has 1 unspecified atom stereocenters. The average molecular weight is 367 g/mol. The minimum atomic E-state index is -0.566. The molecule has 2 fully saturated rings. The van der Waals surface area contributed by atoms with Gasteiger partial charge in [0.05, 0.1) is 5.60 Å². The molecule has 1 N–H and O–H groups in total. The van der Waals surface area contributed by atoms with Gasteiger partial charge < -0.3 is 5.11 Å². The molecule has 22 heavy (non-hydrogen) atoms. The van der Waals surface area contributed by atoms with Crippen molar-refractivity contribution in [1.82, 2.24) is 0 Å². The molecule has 6 atom stereocenters. The molecule has 0 amide bonds. The van der Waals surface area contributed by atoms with Crippen LogP contribution in [0.2, 0.25) is 0 Å². The van der Waals surface area contributed by atoms with E-state index in [2.05, 4.69) is 40.8 Å². The summed E-state index contributed by atoms with van der Waals surface area (Å²) < 4.78 is 0. The topological polar surface area (TPSA) is 20.2 Å². The second-order valence-electron chi connectivity index (χ2n) is 8.67. The second kappa shape index (κ2) is 6.09. The first-order valence-corrected chi connectivity index (χ1v) is 9.98. The molecule has 0 aromatic carbocycles. The lowest BCUT2D eigenvalue weighted by molar-refractivity contribution is 0.0756. The zero-order valence-corrected chi connectivity index (χ0v) is 15.9. The lowest BCUT2D eigenvalue weighted by Crippen LogP contribution is -2.36. The molecule has 0 aliphatic heterocycles. The lowest BCUT2D eigenvalue weighted by Gasteiger charge is -2.44. The summed E-state index contributed by atoms with van der Waals surface area (Å²) in [5.41, 5.74) is 1.60. The molecular weight excluding hydrogens is 336 g/mol. The van der Waals surface area contributed by atoms with E-state index in [1.54, 1.807) is 5.57 Å². The molecule has 2 heteroatoms. The summed E-state index contributed by atoms with van der Waals surface area (Å²) in [7, 11) is 0. The zero-order valence-electron chi connectivity index (χ0n) is 14.3. The van der Waals surface area contributed by atoms with E-state index in [9.17, 15) is 5.11 Å². The molecule has 3 aliphatic carbocycles. The van der Waals surface area contributed by atoms with Gasteiger partial charge in [0.25, 0.3) is 0 Å². The van der Waals surface area contributed by atoms with Crippen molar-refractivity contribution in [3.8, 4) is 0 Å². The van der Waals surface area contributed by atoms with E-state index in [4.69, 9.17) is 0 Å². The van der Waals surface area contributed by atoms with E-state index >= 15 is 0 Å². The third kappa shape index (κ3) is 2.98. The molecule has 0 bridgehead atoms. The normalized spacial score (nSPS) is 47.9. The number of aliphatic hydroxyl groups is 1. The van der Waals surface area contributed by atoms with Crippen LogP contribution in [0.1, 0.15) is 65.7 Å². The first-order valence-electron chi connectivity index (χ1n) is 9.06. The fourth-order valence-electron chi connectivity index (χ4n) is 5.96. The predicted octanol–water partition coefficient (Wildman–Crippen LogP) is 5.83. The summed E-state index contributed by atoms with van der Waals surface area (Å²) in [6.07, 6.45) is 13.2. The summed E-state index contributed by atoms with van der Waals surface area (Å²) >= 11 is 3.61. The van der Waals surface area contributed by atoms with E-state index in [0.717, 1.165) is 24.2 Å². The van der Waals surface area contributed by atoms with Gasteiger partial charge in [0.2, 0.25) is 0 Å². The van der Waals surface area contributed by atoms with Crippen LogP contribution in [0, 0.1) is 29.1 Å². The van der Waals surface area contributed by atoms with Gasteiger partial charge in [-0.05, 0) is 85.9 Å². The van der Waals surface area contributed by atoms with Crippen LogP contribution < -0.4 is 0 Å². The number of hydrogen-bond acceptors (Lipinski definition) is 1. The second-order valence-corrected chi connectivity index (χ2v) is 9.13. The Kier molecular flexibility index (Phi) is 4.64. The molecule has 3 rings (SSSR count). The van der Waals surface area contributed by atoms with Crippen molar-refractivity contribution < 1.29 is 5.11 Å². The third-order valence-corrected chi connectivity index (χ3v) is 7.53. The molecule has 2 saturated carbocycles. The fraction of sp³-hybridized carbons (Fsp3) is 0.800. The number of rotatable bonds is 3. The van der Waals surface area contributed by atoms with Gasteiger partial charge in [0.1, 0.15) is 0 Å². The maximum absolute atomic E-state index is 10.1. The first-order chi connectivity index (χ1) is 10.4. The van der Waals surface area contributed by atoms with Crippen molar-refractivity contribution >= 4 is 15.9 Å². The van der Waals surface area contributed by atoms with Crippen LogP contribution >= 0.6 is 15.9 Å². The van der Waals surface area contributed by atoms with Crippen molar-refractivity contribution in [2.75, 3.05) is 0 Å². The maximum atomic E-state index is 10.1. The van der Waals surface area contributed by atoms with Crippen LogP contribution in [0.5, 0.6) is 0 Å². The molecule has 0 spiro atoms. The van der Waals surface area contributed by atoms with Crippen LogP contribution in [-0.2, 0) is 0 Å². The van der Waals surface area contributed by atoms with Crippen molar-refractivity contribution in [1.29, 1.82) is 0 Å². The van der Waals surface area contributed by atoms with E-state index in [0.29, 0.717) is 11.3 Å². The molecule has 0 aromatic rings. The molecule has 3 aliphatic rings. The van der Waals surface area contributed by atoms with Crippen molar-refractivity contribution in [3.63, 3.8) is 0 Å². The fourth-order valence-corrected chi connectivity index (χ4v) is 6.51. The Morgan fingerprint density at radius 1 is 1.41 bits per heavy atom. The highest BCUT2D eigenvalue weighted by molar-refractivity contribution is 9.11. The van der Waals surface area contributed by atoms with E-state index in [1.165, 1.54) is 38.5 Å². The van der Waals surface area contributed by atoms with Crippen LogP contribution in [0.15, 0.2) is 22.7 Å². The average Bonchev–Trinajstić information content (AvgIpc) is 2.97. The van der Waals surface area contributed by atoms with Gasteiger partial charge in [-0.3, -0.25) is 0 Å². The summed E-state index contributed by atoms with van der Waals surface area (Å²) in [6, 6.07) is 0. The molecule has 1 nitrogen and oxygen atoms in total. The Bertz CT molecular complexity index is 478. The Morgan fingerprint density at radius 2 is 2.18 bits per heavy atom. The Morgan fingerprint density at radius 3 is 2.82 bits per heavy atom. The molecule has 124 valence electrons. The van der Waals surface area contributed by atoms with Gasteiger partial charge in [0.15, 0.2) is 0 Å². The van der Waals surface area contributed by atoms with Crippen molar-refractivity contribution in [2.24, 2.45) is 29.1 Å². The van der Waals surface area contributed by atoms with E-state index in [1.807, 2.05) is 13.0 Å². The number of allylic oxidation sites excluding steroid dienone is 2. The maximum Gasteiger partial charge on any atom is 0.0805 e. The number of fused-ring (bicyclic) bond motifs is 1. The molecule has 0 radical (unpaired) electrons. The minimum absolute atomic E-state index is 0.502. The van der Waals surface area contributed by atoms with Crippen LogP contribution in [-0.4, -0.2) is 10.7 Å². The molecule has 0 saturated heterocycles. The highest BCUT2D eigenvalue weighted by atomic mass is 79.9. The van der Waals surface area contributed by atoms with Crippen molar-refractivity contribution in [2.45, 2.75) is 71.3 Å². The van der Waals surface area contributed by atoms with Gasteiger partial charge >= 0.3 is 0 Å². The lowest BCUT2D eigenvalue weighted by atomic mass is 9.61. The summed E-state index contributed by atoms with van der Waals surface area (Å²) in [4.78, 5) is 2.22. The highest BCUT2D eigenvalue weighted by Crippen LogP contribution is 2.60. The highest BCUT2D eigenvalue weighted by Gasteiger charge is 2.50. The summed E-state index contributed by atoms with van der Waals surface area (Å²) in [6.45, 7) is 6.96. The molecular formula is C20H31BrO. The molecule has 0 aromatic heterocycles. The zero-order chi connectivity index (χ0) is 16.0. The van der Waals surface area contributed by atoms with Gasteiger partial charge in [-0.25, -0.2) is 0 Å². The standard InChI is InChI=1S/C20H31BrO/c1-14(11-15-8-10-19(2,22)12-15)17-6-7-18-16(13-21)5-4-9-20(17,18)3/h8,10,13-15,17-18,22H,4-7,9,11-12H2,1-3H3/t14-,15+,17-,18?,19-,20-/m1/s1. The largest absolute Gasteiger partial charge is 0.386 e. The number of hydrogen-bond donors (Lipinski definition) is 1. The summed E-state index contributed by atoms with van der Waals surface area (Å²) in [5.74, 6) is 2.98. The molecule has 0 heterocycles. The van der Waals surface area contributed by atoms with E-state index in [-0.39, 0.29) is 0 Å². The number of halogens is 1. The Hall–Kier alpha value is -0.0800. The first kappa shape index (κ1) is 16.8. The van der Waals surface area contributed by atoms with Gasteiger partial charge in [-0.2, -0.15) is 0 Å².